The molecule has 19 heavy (non-hydrogen) atoms. The normalized spacial score (nSPS) is 10.7. The fourth-order valence-electron chi connectivity index (χ4n) is 2.39. The zero-order valence-corrected chi connectivity index (χ0v) is 11.4. The summed E-state index contributed by atoms with van der Waals surface area (Å²) in [4.78, 5) is 23.5. The number of benzene rings is 1. The molecule has 0 bridgehead atoms. The number of carbonyl (C=O) groups excluding carboxylic acids is 2. The summed E-state index contributed by atoms with van der Waals surface area (Å²) in [6.07, 6.45) is 0.119. The van der Waals surface area contributed by atoms with Crippen LogP contribution >= 0.6 is 0 Å². The van der Waals surface area contributed by atoms with Crippen molar-refractivity contribution in [2.45, 2.75) is 20.3 Å². The summed E-state index contributed by atoms with van der Waals surface area (Å²) in [6, 6.07) is 7.65. The van der Waals surface area contributed by atoms with Gasteiger partial charge in [-0.25, -0.2) is 0 Å². The van der Waals surface area contributed by atoms with E-state index in [9.17, 15) is 9.59 Å². The van der Waals surface area contributed by atoms with Crippen LogP contribution in [0.4, 0.5) is 0 Å². The second kappa shape index (κ2) is 5.26. The molecule has 100 valence electrons. The molecule has 1 aromatic heterocycles. The fourth-order valence-corrected chi connectivity index (χ4v) is 2.39. The maximum Gasteiger partial charge on any atom is 0.311 e. The number of nitrogens with zero attached hydrogens (tertiary/aromatic N) is 1. The van der Waals surface area contributed by atoms with Gasteiger partial charge in [0.05, 0.1) is 13.0 Å². The van der Waals surface area contributed by atoms with Crippen LogP contribution in [-0.2, 0) is 23.0 Å². The van der Waals surface area contributed by atoms with Crippen LogP contribution in [-0.4, -0.2) is 22.9 Å². The molecule has 1 heterocycles. The predicted molar refractivity (Wildman–Crippen MR) is 73.3 cm³/mol. The predicted octanol–water partition coefficient (Wildman–Crippen LogP) is 2.49. The van der Waals surface area contributed by atoms with Crippen LogP contribution in [0.15, 0.2) is 24.3 Å². The molecule has 4 heteroatoms. The molecular formula is C15H17NO3. The summed E-state index contributed by atoms with van der Waals surface area (Å²) >= 11 is 0. The van der Waals surface area contributed by atoms with Crippen molar-refractivity contribution < 1.29 is 14.3 Å². The molecular weight excluding hydrogens is 242 g/mol. The van der Waals surface area contributed by atoms with Gasteiger partial charge in [-0.2, -0.15) is 0 Å². The van der Waals surface area contributed by atoms with Crippen molar-refractivity contribution in [3.8, 4) is 0 Å². The monoisotopic (exact) mass is 259 g/mol. The average Bonchev–Trinajstić information content (AvgIpc) is 2.64. The highest BCUT2D eigenvalue weighted by Gasteiger charge is 2.20. The molecule has 2 rings (SSSR count). The molecule has 0 spiro atoms. The first-order valence-corrected chi connectivity index (χ1v) is 6.29. The minimum absolute atomic E-state index is 0.0314. The van der Waals surface area contributed by atoms with Crippen LogP contribution in [0.2, 0.25) is 0 Å². The molecule has 1 aromatic carbocycles. The summed E-state index contributed by atoms with van der Waals surface area (Å²) in [5.41, 5.74) is 2.28. The maximum absolute atomic E-state index is 11.9. The number of carbonyl (C=O) groups is 2. The van der Waals surface area contributed by atoms with E-state index in [1.807, 2.05) is 35.9 Å². The van der Waals surface area contributed by atoms with Crippen LogP contribution in [0.25, 0.3) is 10.9 Å². The van der Waals surface area contributed by atoms with Gasteiger partial charge in [-0.3, -0.25) is 9.59 Å². The lowest BCUT2D eigenvalue weighted by Crippen LogP contribution is -2.13. The molecule has 0 amide bonds. The number of fused-ring (bicyclic) bond motifs is 1. The molecule has 0 aliphatic carbocycles. The van der Waals surface area contributed by atoms with Gasteiger partial charge in [0, 0.05) is 29.2 Å². The van der Waals surface area contributed by atoms with Gasteiger partial charge in [0.1, 0.15) is 0 Å². The third-order valence-electron chi connectivity index (χ3n) is 3.20. The summed E-state index contributed by atoms with van der Waals surface area (Å²) in [6.45, 7) is 3.64. The Kier molecular flexibility index (Phi) is 3.69. The molecule has 0 unspecified atom stereocenters. The minimum atomic E-state index is -0.309. The zero-order chi connectivity index (χ0) is 14.0. The van der Waals surface area contributed by atoms with Gasteiger partial charge in [0.15, 0.2) is 5.78 Å². The number of Topliss-reactive ketones (excluding diaryl/α,β-unsaturated/α-hetero) is 1. The number of para-hydroxylation sites is 1. The minimum Gasteiger partial charge on any atom is -0.466 e. The highest BCUT2D eigenvalue weighted by molar-refractivity contribution is 6.09. The van der Waals surface area contributed by atoms with Crippen LogP contribution < -0.4 is 0 Å². The van der Waals surface area contributed by atoms with Gasteiger partial charge in [0.2, 0.25) is 0 Å². The van der Waals surface area contributed by atoms with Gasteiger partial charge in [-0.15, -0.1) is 0 Å². The average molecular weight is 259 g/mol. The van der Waals surface area contributed by atoms with E-state index in [1.54, 1.807) is 6.92 Å². The van der Waals surface area contributed by atoms with Gasteiger partial charge in [-0.05, 0) is 19.9 Å². The van der Waals surface area contributed by atoms with E-state index in [1.165, 1.54) is 6.92 Å². The molecule has 0 saturated heterocycles. The van der Waals surface area contributed by atoms with Crippen molar-refractivity contribution in [2.24, 2.45) is 7.05 Å². The largest absolute Gasteiger partial charge is 0.466 e. The Balaban J connectivity index is 2.58. The van der Waals surface area contributed by atoms with Crippen molar-refractivity contribution in [1.82, 2.24) is 4.57 Å². The Labute approximate surface area is 112 Å². The van der Waals surface area contributed by atoms with Crippen LogP contribution in [0.1, 0.15) is 29.9 Å². The Bertz CT molecular complexity index is 640. The second-order valence-corrected chi connectivity index (χ2v) is 4.44. The number of ketones is 1. The van der Waals surface area contributed by atoms with Crippen molar-refractivity contribution in [3.63, 3.8) is 0 Å². The Morgan fingerprint density at radius 2 is 1.95 bits per heavy atom. The van der Waals surface area contributed by atoms with E-state index in [2.05, 4.69) is 0 Å². The molecule has 2 aromatic rings. The molecule has 0 atom stereocenters. The summed E-state index contributed by atoms with van der Waals surface area (Å²) in [5, 5.41) is 0.886. The summed E-state index contributed by atoms with van der Waals surface area (Å²) in [7, 11) is 1.86. The lowest BCUT2D eigenvalue weighted by atomic mass is 10.1. The summed E-state index contributed by atoms with van der Waals surface area (Å²) in [5.74, 6) is -0.341. The molecule has 0 radical (unpaired) electrons. The molecule has 0 aliphatic rings. The number of rotatable bonds is 4. The van der Waals surface area contributed by atoms with E-state index >= 15 is 0 Å². The van der Waals surface area contributed by atoms with Crippen LogP contribution in [0.5, 0.6) is 0 Å². The Morgan fingerprint density at radius 1 is 1.26 bits per heavy atom. The van der Waals surface area contributed by atoms with Crippen molar-refractivity contribution in [2.75, 3.05) is 6.61 Å². The summed E-state index contributed by atoms with van der Waals surface area (Å²) < 4.78 is 6.86. The van der Waals surface area contributed by atoms with Crippen molar-refractivity contribution in [1.29, 1.82) is 0 Å². The van der Waals surface area contributed by atoms with Gasteiger partial charge in [-0.1, -0.05) is 18.2 Å². The van der Waals surface area contributed by atoms with E-state index in [0.29, 0.717) is 17.9 Å². The van der Waals surface area contributed by atoms with Crippen LogP contribution in [0.3, 0.4) is 0 Å². The van der Waals surface area contributed by atoms with E-state index in [-0.39, 0.29) is 18.2 Å². The van der Waals surface area contributed by atoms with E-state index in [0.717, 1.165) is 10.9 Å². The first-order valence-electron chi connectivity index (χ1n) is 6.29. The third-order valence-corrected chi connectivity index (χ3v) is 3.20. The number of aryl methyl sites for hydroxylation is 1. The van der Waals surface area contributed by atoms with Gasteiger partial charge in [0.25, 0.3) is 0 Å². The lowest BCUT2D eigenvalue weighted by Gasteiger charge is -2.06. The first-order chi connectivity index (χ1) is 9.06. The van der Waals surface area contributed by atoms with E-state index in [4.69, 9.17) is 4.74 Å². The molecule has 4 nitrogen and oxygen atoms in total. The van der Waals surface area contributed by atoms with Crippen molar-refractivity contribution in [3.05, 3.63) is 35.5 Å². The number of aromatic nitrogens is 1. The standard InChI is InChI=1S/C15H17NO3/c1-4-19-14(18)9-13-15(10(2)17)11-7-5-6-8-12(11)16(13)3/h5-8H,4,9H2,1-3H3. The number of hydrogen-bond donors (Lipinski definition) is 0. The molecule has 0 aliphatic heterocycles. The topological polar surface area (TPSA) is 48.3 Å². The van der Waals surface area contributed by atoms with Gasteiger partial charge < -0.3 is 9.30 Å². The Hall–Kier alpha value is -2.10. The number of hydrogen-bond acceptors (Lipinski definition) is 3. The van der Waals surface area contributed by atoms with E-state index < -0.39 is 0 Å². The van der Waals surface area contributed by atoms with Gasteiger partial charge >= 0.3 is 5.97 Å². The number of esters is 1. The SMILES string of the molecule is CCOC(=O)Cc1c(C(C)=O)c2ccccc2n1C. The maximum atomic E-state index is 11.9. The lowest BCUT2D eigenvalue weighted by molar-refractivity contribution is -0.142. The Morgan fingerprint density at radius 3 is 2.58 bits per heavy atom. The second-order valence-electron chi connectivity index (χ2n) is 4.44. The molecule has 0 saturated carbocycles. The zero-order valence-electron chi connectivity index (χ0n) is 11.4. The molecule has 0 N–H and O–H groups in total. The molecule has 0 fully saturated rings. The van der Waals surface area contributed by atoms with Crippen LogP contribution in [0, 0.1) is 0 Å². The van der Waals surface area contributed by atoms with Crippen molar-refractivity contribution >= 4 is 22.7 Å². The number of ether oxygens (including phenoxy) is 1. The first kappa shape index (κ1) is 13.3. The fraction of sp³-hybridized carbons (Fsp3) is 0.333. The highest BCUT2D eigenvalue weighted by atomic mass is 16.5. The highest BCUT2D eigenvalue weighted by Crippen LogP contribution is 2.26. The third kappa shape index (κ3) is 2.38. The quantitative estimate of drug-likeness (QED) is 0.626. The smallest absolute Gasteiger partial charge is 0.311 e.